The molecule has 2 rings (SSSR count). The SMILES string of the molecule is CCn1ncc2c(N[C@H](C)C(C)C)c(C=O)cnc21. The van der Waals surface area contributed by atoms with Crippen LogP contribution in [0.4, 0.5) is 5.69 Å². The van der Waals surface area contributed by atoms with Crippen molar-refractivity contribution in [2.75, 3.05) is 5.32 Å². The van der Waals surface area contributed by atoms with E-state index in [1.54, 1.807) is 12.4 Å². The molecule has 0 bridgehead atoms. The number of aldehydes is 1. The van der Waals surface area contributed by atoms with Crippen LogP contribution in [0.2, 0.25) is 0 Å². The summed E-state index contributed by atoms with van der Waals surface area (Å²) in [5, 5.41) is 8.62. The van der Waals surface area contributed by atoms with E-state index in [2.05, 4.69) is 36.2 Å². The Hall–Kier alpha value is -1.91. The lowest BCUT2D eigenvalue weighted by Crippen LogP contribution is -2.22. The van der Waals surface area contributed by atoms with Crippen LogP contribution in [0.3, 0.4) is 0 Å². The third-order valence-electron chi connectivity index (χ3n) is 3.49. The molecule has 0 radical (unpaired) electrons. The van der Waals surface area contributed by atoms with Gasteiger partial charge in [-0.1, -0.05) is 13.8 Å². The Balaban J connectivity index is 2.54. The molecule has 0 saturated carbocycles. The van der Waals surface area contributed by atoms with Crippen molar-refractivity contribution in [3.8, 4) is 0 Å². The van der Waals surface area contributed by atoms with E-state index < -0.39 is 0 Å². The zero-order valence-corrected chi connectivity index (χ0v) is 11.8. The Labute approximate surface area is 113 Å². The van der Waals surface area contributed by atoms with Crippen molar-refractivity contribution in [3.63, 3.8) is 0 Å². The molecule has 2 aromatic heterocycles. The van der Waals surface area contributed by atoms with Crippen molar-refractivity contribution in [1.82, 2.24) is 14.8 Å². The summed E-state index contributed by atoms with van der Waals surface area (Å²) in [7, 11) is 0. The first kappa shape index (κ1) is 13.5. The van der Waals surface area contributed by atoms with Crippen molar-refractivity contribution in [2.24, 2.45) is 5.92 Å². The Morgan fingerprint density at radius 1 is 1.37 bits per heavy atom. The first-order valence-corrected chi connectivity index (χ1v) is 6.64. The Morgan fingerprint density at radius 2 is 2.11 bits per heavy atom. The molecular weight excluding hydrogens is 240 g/mol. The van der Waals surface area contributed by atoms with Gasteiger partial charge in [-0.3, -0.25) is 4.79 Å². The molecule has 2 heterocycles. The predicted molar refractivity (Wildman–Crippen MR) is 76.5 cm³/mol. The lowest BCUT2D eigenvalue weighted by molar-refractivity contribution is 0.112. The van der Waals surface area contributed by atoms with Crippen molar-refractivity contribution in [2.45, 2.75) is 40.3 Å². The van der Waals surface area contributed by atoms with Crippen LogP contribution in [-0.2, 0) is 6.54 Å². The molecule has 19 heavy (non-hydrogen) atoms. The molecule has 1 atom stereocenters. The van der Waals surface area contributed by atoms with E-state index in [9.17, 15) is 4.79 Å². The van der Waals surface area contributed by atoms with E-state index in [1.807, 2.05) is 11.6 Å². The van der Waals surface area contributed by atoms with E-state index in [-0.39, 0.29) is 6.04 Å². The highest BCUT2D eigenvalue weighted by molar-refractivity contribution is 5.98. The molecule has 0 aliphatic carbocycles. The fourth-order valence-electron chi connectivity index (χ4n) is 1.92. The minimum atomic E-state index is 0.272. The van der Waals surface area contributed by atoms with Crippen LogP contribution >= 0.6 is 0 Å². The summed E-state index contributed by atoms with van der Waals surface area (Å²) in [6.07, 6.45) is 4.22. The first-order valence-electron chi connectivity index (χ1n) is 6.64. The zero-order valence-electron chi connectivity index (χ0n) is 11.8. The molecule has 0 fully saturated rings. The van der Waals surface area contributed by atoms with Gasteiger partial charge in [0.1, 0.15) is 0 Å². The largest absolute Gasteiger partial charge is 0.381 e. The van der Waals surface area contributed by atoms with E-state index in [0.717, 1.165) is 29.6 Å². The van der Waals surface area contributed by atoms with E-state index >= 15 is 0 Å². The lowest BCUT2D eigenvalue weighted by Gasteiger charge is -2.20. The van der Waals surface area contributed by atoms with Crippen LogP contribution in [0, 0.1) is 5.92 Å². The second-order valence-corrected chi connectivity index (χ2v) is 5.08. The molecule has 2 aromatic rings. The third-order valence-corrected chi connectivity index (χ3v) is 3.49. The average molecular weight is 260 g/mol. The summed E-state index contributed by atoms with van der Waals surface area (Å²) in [5.41, 5.74) is 2.23. The Bertz CT molecular complexity index is 588. The summed E-state index contributed by atoms with van der Waals surface area (Å²) in [6, 6.07) is 0.272. The van der Waals surface area contributed by atoms with E-state index in [4.69, 9.17) is 0 Å². The monoisotopic (exact) mass is 260 g/mol. The normalized spacial score (nSPS) is 12.9. The zero-order chi connectivity index (χ0) is 14.0. The molecule has 0 saturated heterocycles. The fourth-order valence-corrected chi connectivity index (χ4v) is 1.92. The van der Waals surface area contributed by atoms with Gasteiger partial charge in [0.25, 0.3) is 0 Å². The number of aromatic nitrogens is 3. The van der Waals surface area contributed by atoms with Crippen molar-refractivity contribution >= 4 is 23.0 Å². The average Bonchev–Trinajstić information content (AvgIpc) is 2.82. The number of carbonyl (C=O) groups excluding carboxylic acids is 1. The molecule has 0 spiro atoms. The number of hydrogen-bond donors (Lipinski definition) is 1. The number of rotatable bonds is 5. The number of carbonyl (C=O) groups is 1. The molecule has 0 unspecified atom stereocenters. The number of pyridine rings is 1. The van der Waals surface area contributed by atoms with Crippen LogP contribution in [0.1, 0.15) is 38.1 Å². The number of nitrogens with one attached hydrogen (secondary N) is 1. The van der Waals surface area contributed by atoms with Gasteiger partial charge < -0.3 is 5.32 Å². The highest BCUT2D eigenvalue weighted by Gasteiger charge is 2.15. The molecule has 5 heteroatoms. The van der Waals surface area contributed by atoms with Gasteiger partial charge in [-0.2, -0.15) is 5.10 Å². The van der Waals surface area contributed by atoms with Crippen LogP contribution < -0.4 is 5.32 Å². The van der Waals surface area contributed by atoms with Gasteiger partial charge in [-0.15, -0.1) is 0 Å². The minimum absolute atomic E-state index is 0.272. The van der Waals surface area contributed by atoms with Crippen molar-refractivity contribution in [3.05, 3.63) is 18.0 Å². The number of nitrogens with zero attached hydrogens (tertiary/aromatic N) is 3. The summed E-state index contributed by atoms with van der Waals surface area (Å²) in [4.78, 5) is 15.5. The Kier molecular flexibility index (Phi) is 3.83. The minimum Gasteiger partial charge on any atom is -0.381 e. The molecule has 0 aliphatic heterocycles. The summed E-state index contributed by atoms with van der Waals surface area (Å²) >= 11 is 0. The number of fused-ring (bicyclic) bond motifs is 1. The standard InChI is InChI=1S/C14H20N4O/c1-5-18-14-12(7-16-18)13(11(8-19)6-15-14)17-10(4)9(2)3/h6-10H,5H2,1-4H3,(H,15,17)/t10-/m1/s1. The number of anilines is 1. The van der Waals surface area contributed by atoms with E-state index in [0.29, 0.717) is 11.5 Å². The number of aryl methyl sites for hydroxylation is 1. The molecule has 5 nitrogen and oxygen atoms in total. The van der Waals surface area contributed by atoms with E-state index in [1.165, 1.54) is 0 Å². The third kappa shape index (κ3) is 2.45. The van der Waals surface area contributed by atoms with Gasteiger partial charge in [-0.05, 0) is 19.8 Å². The van der Waals surface area contributed by atoms with Gasteiger partial charge in [0.15, 0.2) is 11.9 Å². The second-order valence-electron chi connectivity index (χ2n) is 5.08. The highest BCUT2D eigenvalue weighted by atomic mass is 16.1. The molecular formula is C14H20N4O. The highest BCUT2D eigenvalue weighted by Crippen LogP contribution is 2.26. The number of hydrogen-bond acceptors (Lipinski definition) is 4. The maximum Gasteiger partial charge on any atom is 0.159 e. The van der Waals surface area contributed by atoms with Crippen LogP contribution in [-0.4, -0.2) is 27.1 Å². The smallest absolute Gasteiger partial charge is 0.159 e. The van der Waals surface area contributed by atoms with Crippen LogP contribution in [0.5, 0.6) is 0 Å². The molecule has 1 N–H and O–H groups in total. The lowest BCUT2D eigenvalue weighted by atomic mass is 10.1. The van der Waals surface area contributed by atoms with Crippen molar-refractivity contribution in [1.29, 1.82) is 0 Å². The first-order chi connectivity index (χ1) is 9.08. The van der Waals surface area contributed by atoms with Gasteiger partial charge >= 0.3 is 0 Å². The maximum atomic E-state index is 11.2. The topological polar surface area (TPSA) is 59.8 Å². The van der Waals surface area contributed by atoms with Gasteiger partial charge in [0, 0.05) is 18.8 Å². The Morgan fingerprint density at radius 3 is 2.68 bits per heavy atom. The maximum absolute atomic E-state index is 11.2. The fraction of sp³-hybridized carbons (Fsp3) is 0.500. The molecule has 0 aliphatic rings. The van der Waals surface area contributed by atoms with Gasteiger partial charge in [0.2, 0.25) is 0 Å². The summed E-state index contributed by atoms with van der Waals surface area (Å²) in [5.74, 6) is 0.476. The van der Waals surface area contributed by atoms with Crippen molar-refractivity contribution < 1.29 is 4.79 Å². The molecule has 0 aromatic carbocycles. The van der Waals surface area contributed by atoms with Gasteiger partial charge in [-0.25, -0.2) is 9.67 Å². The summed E-state index contributed by atoms with van der Waals surface area (Å²) < 4.78 is 1.83. The predicted octanol–water partition coefficient (Wildman–Crippen LogP) is 2.72. The molecule has 102 valence electrons. The van der Waals surface area contributed by atoms with Crippen LogP contribution in [0.25, 0.3) is 11.0 Å². The quantitative estimate of drug-likeness (QED) is 0.840. The summed E-state index contributed by atoms with van der Waals surface area (Å²) in [6.45, 7) is 9.18. The van der Waals surface area contributed by atoms with Gasteiger partial charge in [0.05, 0.1) is 22.8 Å². The molecule has 0 amide bonds. The second kappa shape index (κ2) is 5.38. The van der Waals surface area contributed by atoms with Crippen LogP contribution in [0.15, 0.2) is 12.4 Å².